The van der Waals surface area contributed by atoms with Crippen molar-refractivity contribution in [2.75, 3.05) is 0 Å². The van der Waals surface area contributed by atoms with E-state index >= 15 is 0 Å². The second-order valence-corrected chi connectivity index (χ2v) is 4.09. The van der Waals surface area contributed by atoms with Gasteiger partial charge in [-0.05, 0) is 31.6 Å². The fraction of sp³-hybridized carbons (Fsp3) is 1.00. The van der Waals surface area contributed by atoms with Gasteiger partial charge < -0.3 is 10.2 Å². The monoisotopic (exact) mass is 188 g/mol. The second-order valence-electron chi connectivity index (χ2n) is 4.09. The van der Waals surface area contributed by atoms with Gasteiger partial charge in [-0.3, -0.25) is 0 Å². The van der Waals surface area contributed by atoms with Crippen molar-refractivity contribution in [2.24, 2.45) is 5.92 Å². The summed E-state index contributed by atoms with van der Waals surface area (Å²) in [6.45, 7) is 7.96. The summed E-state index contributed by atoms with van der Waals surface area (Å²) in [5, 5.41) is 19.6. The minimum atomic E-state index is -0.574. The minimum Gasteiger partial charge on any atom is -0.393 e. The Hall–Kier alpha value is -0.0800. The predicted molar refractivity (Wildman–Crippen MR) is 55.6 cm³/mol. The minimum absolute atomic E-state index is 0.190. The third kappa shape index (κ3) is 4.10. The molecule has 0 aliphatic rings. The molecule has 0 saturated heterocycles. The van der Waals surface area contributed by atoms with E-state index in [9.17, 15) is 10.2 Å². The Morgan fingerprint density at radius 3 is 1.92 bits per heavy atom. The number of aliphatic hydroxyl groups is 2. The van der Waals surface area contributed by atoms with Crippen LogP contribution >= 0.6 is 0 Å². The zero-order chi connectivity index (χ0) is 10.5. The summed E-state index contributed by atoms with van der Waals surface area (Å²) in [5.74, 6) is 0.190. The summed E-state index contributed by atoms with van der Waals surface area (Å²) in [7, 11) is 0. The third-order valence-corrected chi connectivity index (χ3v) is 3.09. The topological polar surface area (TPSA) is 40.5 Å². The Bertz CT molecular complexity index is 130. The molecule has 0 aliphatic heterocycles. The van der Waals surface area contributed by atoms with E-state index in [4.69, 9.17) is 0 Å². The Morgan fingerprint density at radius 2 is 1.62 bits per heavy atom. The Balaban J connectivity index is 4.08. The molecule has 0 spiro atoms. The first-order valence-corrected chi connectivity index (χ1v) is 5.39. The van der Waals surface area contributed by atoms with Crippen molar-refractivity contribution >= 4 is 0 Å². The van der Waals surface area contributed by atoms with Crippen molar-refractivity contribution in [1.29, 1.82) is 0 Å². The summed E-state index contributed by atoms with van der Waals surface area (Å²) in [5.41, 5.74) is -0.574. The van der Waals surface area contributed by atoms with E-state index in [0.29, 0.717) is 6.42 Å². The van der Waals surface area contributed by atoms with Crippen molar-refractivity contribution in [1.82, 2.24) is 0 Å². The van der Waals surface area contributed by atoms with Gasteiger partial charge in [-0.15, -0.1) is 0 Å². The number of rotatable bonds is 6. The molecule has 0 amide bonds. The van der Waals surface area contributed by atoms with Crippen molar-refractivity contribution in [2.45, 2.75) is 65.1 Å². The zero-order valence-corrected chi connectivity index (χ0v) is 9.38. The summed E-state index contributed by atoms with van der Waals surface area (Å²) >= 11 is 0. The largest absolute Gasteiger partial charge is 0.393 e. The number of aliphatic hydroxyl groups excluding tert-OH is 1. The average molecular weight is 188 g/mol. The molecular weight excluding hydrogens is 164 g/mol. The van der Waals surface area contributed by atoms with E-state index in [1.165, 1.54) is 0 Å². The molecule has 2 nitrogen and oxygen atoms in total. The van der Waals surface area contributed by atoms with E-state index in [1.54, 1.807) is 0 Å². The summed E-state index contributed by atoms with van der Waals surface area (Å²) in [6, 6.07) is 0. The molecule has 0 aromatic heterocycles. The molecule has 2 heteroatoms. The van der Waals surface area contributed by atoms with Crippen LogP contribution in [0.2, 0.25) is 0 Å². The lowest BCUT2D eigenvalue weighted by atomic mass is 9.84. The van der Waals surface area contributed by atoms with Crippen LogP contribution in [0.5, 0.6) is 0 Å². The molecule has 0 radical (unpaired) electrons. The molecule has 0 bridgehead atoms. The van der Waals surface area contributed by atoms with E-state index in [1.807, 2.05) is 27.7 Å². The van der Waals surface area contributed by atoms with Gasteiger partial charge in [0.2, 0.25) is 0 Å². The van der Waals surface area contributed by atoms with Gasteiger partial charge in [0.25, 0.3) is 0 Å². The quantitative estimate of drug-likeness (QED) is 0.671. The van der Waals surface area contributed by atoms with E-state index in [0.717, 1.165) is 19.3 Å². The van der Waals surface area contributed by atoms with Crippen LogP contribution in [0.3, 0.4) is 0 Å². The normalized spacial score (nSPS) is 17.1. The lowest BCUT2D eigenvalue weighted by Gasteiger charge is -2.30. The molecule has 13 heavy (non-hydrogen) atoms. The van der Waals surface area contributed by atoms with Gasteiger partial charge in [0.05, 0.1) is 11.7 Å². The molecule has 2 atom stereocenters. The summed E-state index contributed by atoms with van der Waals surface area (Å²) < 4.78 is 0. The highest BCUT2D eigenvalue weighted by Crippen LogP contribution is 2.26. The zero-order valence-electron chi connectivity index (χ0n) is 9.38. The number of hydrogen-bond acceptors (Lipinski definition) is 2. The van der Waals surface area contributed by atoms with Crippen LogP contribution in [-0.4, -0.2) is 21.9 Å². The van der Waals surface area contributed by atoms with Crippen LogP contribution in [0.25, 0.3) is 0 Å². The molecule has 2 unspecified atom stereocenters. The maximum atomic E-state index is 10.0. The first-order chi connectivity index (χ1) is 5.99. The smallest absolute Gasteiger partial charge is 0.0646 e. The standard InChI is InChI=1S/C11H24O2/c1-5-10(12)9(4)8-11(13,6-2)7-3/h9-10,12-13H,5-8H2,1-4H3. The average Bonchev–Trinajstić information content (AvgIpc) is 2.16. The molecule has 0 aliphatic carbocycles. The lowest BCUT2D eigenvalue weighted by molar-refractivity contribution is -0.0145. The highest BCUT2D eigenvalue weighted by atomic mass is 16.3. The molecule has 0 heterocycles. The predicted octanol–water partition coefficient (Wildman–Crippen LogP) is 2.33. The summed E-state index contributed by atoms with van der Waals surface area (Å²) in [6.07, 6.45) is 2.73. The van der Waals surface area contributed by atoms with Crippen molar-refractivity contribution < 1.29 is 10.2 Å². The molecular formula is C11H24O2. The Morgan fingerprint density at radius 1 is 1.15 bits per heavy atom. The first kappa shape index (κ1) is 12.9. The van der Waals surface area contributed by atoms with E-state index in [2.05, 4.69) is 0 Å². The Labute approximate surface area is 82.0 Å². The van der Waals surface area contributed by atoms with Gasteiger partial charge in [0.1, 0.15) is 0 Å². The summed E-state index contributed by atoms with van der Waals surface area (Å²) in [4.78, 5) is 0. The van der Waals surface area contributed by atoms with Crippen LogP contribution in [-0.2, 0) is 0 Å². The highest BCUT2D eigenvalue weighted by Gasteiger charge is 2.27. The van der Waals surface area contributed by atoms with Crippen LogP contribution in [0.15, 0.2) is 0 Å². The van der Waals surface area contributed by atoms with E-state index < -0.39 is 5.60 Å². The molecule has 0 aromatic carbocycles. The van der Waals surface area contributed by atoms with Crippen molar-refractivity contribution in [3.05, 3.63) is 0 Å². The second kappa shape index (κ2) is 5.61. The van der Waals surface area contributed by atoms with Gasteiger partial charge in [0.15, 0.2) is 0 Å². The first-order valence-electron chi connectivity index (χ1n) is 5.39. The molecule has 0 fully saturated rings. The Kier molecular flexibility index (Phi) is 5.57. The fourth-order valence-corrected chi connectivity index (χ4v) is 1.68. The maximum absolute atomic E-state index is 10.0. The fourth-order valence-electron chi connectivity index (χ4n) is 1.68. The van der Waals surface area contributed by atoms with Gasteiger partial charge in [0, 0.05) is 0 Å². The molecule has 0 rings (SSSR count). The van der Waals surface area contributed by atoms with Crippen LogP contribution in [0, 0.1) is 5.92 Å². The molecule has 80 valence electrons. The van der Waals surface area contributed by atoms with Gasteiger partial charge in [-0.2, -0.15) is 0 Å². The third-order valence-electron chi connectivity index (χ3n) is 3.09. The number of hydrogen-bond donors (Lipinski definition) is 2. The molecule has 0 saturated carbocycles. The van der Waals surface area contributed by atoms with Crippen LogP contribution in [0.4, 0.5) is 0 Å². The highest BCUT2D eigenvalue weighted by molar-refractivity contribution is 4.79. The van der Waals surface area contributed by atoms with Gasteiger partial charge in [-0.25, -0.2) is 0 Å². The van der Waals surface area contributed by atoms with Gasteiger partial charge >= 0.3 is 0 Å². The molecule has 0 aromatic rings. The van der Waals surface area contributed by atoms with Gasteiger partial charge in [-0.1, -0.05) is 27.7 Å². The van der Waals surface area contributed by atoms with Crippen molar-refractivity contribution in [3.8, 4) is 0 Å². The van der Waals surface area contributed by atoms with Crippen molar-refractivity contribution in [3.63, 3.8) is 0 Å². The van der Waals surface area contributed by atoms with Crippen LogP contribution < -0.4 is 0 Å². The maximum Gasteiger partial charge on any atom is 0.0646 e. The molecule has 2 N–H and O–H groups in total. The van der Waals surface area contributed by atoms with Crippen LogP contribution in [0.1, 0.15) is 53.4 Å². The lowest BCUT2D eigenvalue weighted by Crippen LogP contribution is -2.32. The SMILES string of the molecule is CCC(O)C(C)CC(O)(CC)CC. The van der Waals surface area contributed by atoms with E-state index in [-0.39, 0.29) is 12.0 Å².